The fraction of sp³-hybridized carbons (Fsp3) is 0.964. The van der Waals surface area contributed by atoms with Crippen molar-refractivity contribution in [2.75, 3.05) is 0 Å². The first-order valence-corrected chi connectivity index (χ1v) is 13.3. The van der Waals surface area contributed by atoms with Crippen molar-refractivity contribution in [3.63, 3.8) is 0 Å². The molecule has 2 heteroatoms. The van der Waals surface area contributed by atoms with Gasteiger partial charge in [0, 0.05) is 12.8 Å². The first-order valence-electron chi connectivity index (χ1n) is 13.3. The monoisotopic (exact) mass is 416 g/mol. The van der Waals surface area contributed by atoms with Gasteiger partial charge in [-0.05, 0) is 110 Å². The molecule has 2 nitrogen and oxygen atoms in total. The number of hydrogen-bond donors (Lipinski definition) is 1. The molecule has 30 heavy (non-hydrogen) atoms. The van der Waals surface area contributed by atoms with E-state index in [1.807, 2.05) is 0 Å². The van der Waals surface area contributed by atoms with Crippen LogP contribution < -0.4 is 0 Å². The molecule has 0 aliphatic heterocycles. The molecule has 4 aliphatic carbocycles. The molecule has 0 aromatic heterocycles. The molecule has 4 rings (SSSR count). The summed E-state index contributed by atoms with van der Waals surface area (Å²) in [7, 11) is 0. The molecule has 0 aromatic carbocycles. The van der Waals surface area contributed by atoms with Gasteiger partial charge in [0.2, 0.25) is 0 Å². The molecule has 0 bridgehead atoms. The minimum atomic E-state index is -0.154. The van der Waals surface area contributed by atoms with Crippen molar-refractivity contribution in [3.8, 4) is 0 Å². The highest BCUT2D eigenvalue weighted by Gasteiger charge is 2.60. The van der Waals surface area contributed by atoms with E-state index in [0.29, 0.717) is 46.2 Å². The highest BCUT2D eigenvalue weighted by Crippen LogP contribution is 2.68. The molecule has 1 unspecified atom stereocenters. The lowest BCUT2D eigenvalue weighted by Gasteiger charge is -2.60. The predicted octanol–water partition coefficient (Wildman–Crippen LogP) is 6.89. The molecule has 172 valence electrons. The lowest BCUT2D eigenvalue weighted by atomic mass is 9.44. The van der Waals surface area contributed by atoms with Crippen LogP contribution in [0.3, 0.4) is 0 Å². The highest BCUT2D eigenvalue weighted by atomic mass is 16.3. The van der Waals surface area contributed by atoms with E-state index in [1.165, 1.54) is 38.5 Å². The predicted molar refractivity (Wildman–Crippen MR) is 124 cm³/mol. The van der Waals surface area contributed by atoms with Gasteiger partial charge in [0.15, 0.2) is 0 Å². The molecule has 0 saturated heterocycles. The maximum Gasteiger partial charge on any atom is 0.133 e. The summed E-state index contributed by atoms with van der Waals surface area (Å²) in [5.74, 6) is 6.04. The maximum absolute atomic E-state index is 12.1. The van der Waals surface area contributed by atoms with E-state index in [9.17, 15) is 9.90 Å². The molecule has 0 aromatic rings. The normalized spacial score (nSPS) is 46.7. The summed E-state index contributed by atoms with van der Waals surface area (Å²) in [6.45, 7) is 14.4. The van der Waals surface area contributed by atoms with Crippen molar-refractivity contribution in [1.82, 2.24) is 0 Å². The Morgan fingerprint density at radius 1 is 0.933 bits per heavy atom. The third kappa shape index (κ3) is 3.61. The second kappa shape index (κ2) is 8.20. The Morgan fingerprint density at radius 2 is 1.63 bits per heavy atom. The molecule has 4 saturated carbocycles. The highest BCUT2D eigenvalue weighted by molar-refractivity contribution is 5.79. The molecule has 0 radical (unpaired) electrons. The quantitative estimate of drug-likeness (QED) is 0.529. The number of rotatable bonds is 5. The molecule has 4 aliphatic rings. The summed E-state index contributed by atoms with van der Waals surface area (Å²) < 4.78 is 0. The van der Waals surface area contributed by atoms with Gasteiger partial charge in [-0.15, -0.1) is 0 Å². The van der Waals surface area contributed by atoms with Crippen molar-refractivity contribution in [3.05, 3.63) is 0 Å². The van der Waals surface area contributed by atoms with Crippen LogP contribution in [0.5, 0.6) is 0 Å². The Balaban J connectivity index is 1.49. The first kappa shape index (κ1) is 22.8. The number of carbonyl (C=O) groups excluding carboxylic acids is 1. The maximum atomic E-state index is 12.1. The molecule has 0 heterocycles. The smallest absolute Gasteiger partial charge is 0.133 e. The van der Waals surface area contributed by atoms with Crippen LogP contribution in [-0.2, 0) is 4.79 Å². The van der Waals surface area contributed by atoms with Crippen LogP contribution in [0.1, 0.15) is 106 Å². The van der Waals surface area contributed by atoms with Crippen LogP contribution >= 0.6 is 0 Å². The largest absolute Gasteiger partial charge is 0.393 e. The van der Waals surface area contributed by atoms with Crippen molar-refractivity contribution in [2.45, 2.75) is 112 Å². The third-order valence-corrected chi connectivity index (χ3v) is 11.5. The summed E-state index contributed by atoms with van der Waals surface area (Å²) in [4.78, 5) is 12.1. The van der Waals surface area contributed by atoms with Crippen LogP contribution in [0.4, 0.5) is 0 Å². The number of hydrogen-bond acceptors (Lipinski definition) is 2. The lowest BCUT2D eigenvalue weighted by molar-refractivity contribution is -0.141. The zero-order chi connectivity index (χ0) is 21.8. The van der Waals surface area contributed by atoms with Gasteiger partial charge in [-0.1, -0.05) is 41.5 Å². The number of aliphatic hydroxyl groups is 1. The van der Waals surface area contributed by atoms with Gasteiger partial charge < -0.3 is 5.11 Å². The fourth-order valence-electron chi connectivity index (χ4n) is 9.09. The summed E-state index contributed by atoms with van der Waals surface area (Å²) in [5, 5.41) is 11.1. The second-order valence-corrected chi connectivity index (χ2v) is 13.0. The number of Topliss-reactive ketones (excluding diaryl/α,β-unsaturated/α-hetero) is 1. The summed E-state index contributed by atoms with van der Waals surface area (Å²) in [6.07, 6.45) is 11.7. The minimum Gasteiger partial charge on any atom is -0.393 e. The summed E-state index contributed by atoms with van der Waals surface area (Å²) in [6, 6.07) is 0. The standard InChI is InChI=1S/C28H48O2/c1-17(2)18(3)15-26(30)19(4)23-9-10-24-22-8-7-20-16-21(29)11-13-27(20,5)25(22)12-14-28(23,24)6/h17-20,22-26,30H,7-16H2,1-6H3/t18-,19-,20+,22-,23+,24-,25-,26?,27-,28+/m0/s1. The SMILES string of the molecule is CC(C)[C@@H](C)CC(O)[C@@H](C)[C@H]1CC[C@H]2[C@@H]3CC[C@@H]4CC(=O)CC[C@]4(C)[C@H]3CC[C@]12C. The average Bonchev–Trinajstić information content (AvgIpc) is 3.04. The van der Waals surface area contributed by atoms with Gasteiger partial charge in [-0.25, -0.2) is 0 Å². The summed E-state index contributed by atoms with van der Waals surface area (Å²) in [5.41, 5.74) is 0.824. The molecule has 0 spiro atoms. The van der Waals surface area contributed by atoms with E-state index in [-0.39, 0.29) is 6.10 Å². The number of aliphatic hydroxyl groups excluding tert-OH is 1. The van der Waals surface area contributed by atoms with Crippen LogP contribution in [0.2, 0.25) is 0 Å². The first-order chi connectivity index (χ1) is 14.1. The van der Waals surface area contributed by atoms with E-state index >= 15 is 0 Å². The number of carbonyl (C=O) groups is 1. The zero-order valence-corrected chi connectivity index (χ0v) is 20.6. The Kier molecular flexibility index (Phi) is 6.23. The van der Waals surface area contributed by atoms with Crippen LogP contribution in [0.15, 0.2) is 0 Å². The van der Waals surface area contributed by atoms with Crippen molar-refractivity contribution < 1.29 is 9.90 Å². The zero-order valence-electron chi connectivity index (χ0n) is 20.6. The summed E-state index contributed by atoms with van der Waals surface area (Å²) >= 11 is 0. The lowest BCUT2D eigenvalue weighted by Crippen LogP contribution is -2.54. The second-order valence-electron chi connectivity index (χ2n) is 13.0. The van der Waals surface area contributed by atoms with Crippen LogP contribution in [-0.4, -0.2) is 17.0 Å². The topological polar surface area (TPSA) is 37.3 Å². The van der Waals surface area contributed by atoms with E-state index < -0.39 is 0 Å². The Labute approximate surface area is 186 Å². The van der Waals surface area contributed by atoms with E-state index in [2.05, 4.69) is 41.5 Å². The van der Waals surface area contributed by atoms with E-state index in [0.717, 1.165) is 43.4 Å². The van der Waals surface area contributed by atoms with Gasteiger partial charge in [-0.2, -0.15) is 0 Å². The molecular weight excluding hydrogens is 368 g/mol. The Hall–Kier alpha value is -0.370. The van der Waals surface area contributed by atoms with Crippen molar-refractivity contribution >= 4 is 5.78 Å². The van der Waals surface area contributed by atoms with Gasteiger partial charge >= 0.3 is 0 Å². The molecule has 4 fully saturated rings. The Morgan fingerprint density at radius 3 is 2.33 bits per heavy atom. The minimum absolute atomic E-state index is 0.154. The van der Waals surface area contributed by atoms with Gasteiger partial charge in [0.05, 0.1) is 6.10 Å². The molecular formula is C28H48O2. The molecule has 0 amide bonds. The molecule has 10 atom stereocenters. The fourth-order valence-corrected chi connectivity index (χ4v) is 9.09. The van der Waals surface area contributed by atoms with Gasteiger partial charge in [0.25, 0.3) is 0 Å². The van der Waals surface area contributed by atoms with Gasteiger partial charge in [0.1, 0.15) is 5.78 Å². The van der Waals surface area contributed by atoms with E-state index in [1.54, 1.807) is 0 Å². The number of ketones is 1. The van der Waals surface area contributed by atoms with E-state index in [4.69, 9.17) is 0 Å². The number of fused-ring (bicyclic) bond motifs is 5. The molecule has 1 N–H and O–H groups in total. The van der Waals surface area contributed by atoms with Gasteiger partial charge in [-0.3, -0.25) is 4.79 Å². The average molecular weight is 417 g/mol. The van der Waals surface area contributed by atoms with Crippen molar-refractivity contribution in [1.29, 1.82) is 0 Å². The van der Waals surface area contributed by atoms with Crippen LogP contribution in [0, 0.1) is 58.2 Å². The van der Waals surface area contributed by atoms with Crippen molar-refractivity contribution in [2.24, 2.45) is 58.2 Å². The Bertz CT molecular complexity index is 641. The van der Waals surface area contributed by atoms with Crippen LogP contribution in [0.25, 0.3) is 0 Å². The third-order valence-electron chi connectivity index (χ3n) is 11.5.